The van der Waals surface area contributed by atoms with Gasteiger partial charge in [-0.1, -0.05) is 0 Å². The lowest BCUT2D eigenvalue weighted by molar-refractivity contribution is -0.121. The van der Waals surface area contributed by atoms with E-state index in [2.05, 4.69) is 5.32 Å². The Balaban J connectivity index is 1.83. The summed E-state index contributed by atoms with van der Waals surface area (Å²) in [5, 5.41) is 2.81. The van der Waals surface area contributed by atoms with Crippen molar-refractivity contribution in [1.82, 2.24) is 5.32 Å². The molecule has 0 radical (unpaired) electrons. The van der Waals surface area contributed by atoms with E-state index in [9.17, 15) is 4.79 Å². The SMILES string of the molecule is O=C(CC1CC1)NCCOCCCl. The average Bonchev–Trinajstić information content (AvgIpc) is 2.88. The Bertz CT molecular complexity index is 160. The van der Waals surface area contributed by atoms with E-state index in [1.54, 1.807) is 0 Å². The van der Waals surface area contributed by atoms with Gasteiger partial charge in [0.2, 0.25) is 5.91 Å². The zero-order valence-corrected chi connectivity index (χ0v) is 8.48. The summed E-state index contributed by atoms with van der Waals surface area (Å²) in [6, 6.07) is 0. The number of nitrogens with one attached hydrogen (secondary N) is 1. The van der Waals surface area contributed by atoms with Gasteiger partial charge in [-0.3, -0.25) is 4.79 Å². The molecule has 0 aromatic heterocycles. The van der Waals surface area contributed by atoms with Crippen LogP contribution >= 0.6 is 11.6 Å². The zero-order valence-electron chi connectivity index (χ0n) is 7.72. The van der Waals surface area contributed by atoms with Crippen LogP contribution in [0, 0.1) is 5.92 Å². The number of halogens is 1. The van der Waals surface area contributed by atoms with Crippen molar-refractivity contribution in [3.05, 3.63) is 0 Å². The third-order valence-corrected chi connectivity index (χ3v) is 2.12. The molecule has 1 N–H and O–H groups in total. The Kier molecular flexibility index (Phi) is 5.16. The van der Waals surface area contributed by atoms with Crippen LogP contribution in [0.5, 0.6) is 0 Å². The minimum atomic E-state index is 0.150. The van der Waals surface area contributed by atoms with Gasteiger partial charge in [-0.2, -0.15) is 0 Å². The van der Waals surface area contributed by atoms with E-state index in [-0.39, 0.29) is 5.91 Å². The van der Waals surface area contributed by atoms with Gasteiger partial charge in [-0.25, -0.2) is 0 Å². The molecule has 0 saturated heterocycles. The fraction of sp³-hybridized carbons (Fsp3) is 0.889. The van der Waals surface area contributed by atoms with E-state index < -0.39 is 0 Å². The van der Waals surface area contributed by atoms with Crippen LogP contribution in [0.3, 0.4) is 0 Å². The lowest BCUT2D eigenvalue weighted by atomic mass is 10.3. The van der Waals surface area contributed by atoms with Gasteiger partial charge in [0.15, 0.2) is 0 Å². The number of amides is 1. The van der Waals surface area contributed by atoms with E-state index in [4.69, 9.17) is 16.3 Å². The first kappa shape index (κ1) is 10.8. The highest BCUT2D eigenvalue weighted by Crippen LogP contribution is 2.31. The third kappa shape index (κ3) is 5.88. The molecule has 0 spiro atoms. The van der Waals surface area contributed by atoms with Crippen molar-refractivity contribution in [1.29, 1.82) is 0 Å². The maximum atomic E-state index is 11.1. The second-order valence-corrected chi connectivity index (χ2v) is 3.68. The molecule has 13 heavy (non-hydrogen) atoms. The maximum absolute atomic E-state index is 11.1. The molecular weight excluding hydrogens is 190 g/mol. The number of ether oxygens (including phenoxy) is 1. The van der Waals surface area contributed by atoms with Gasteiger partial charge < -0.3 is 10.1 Å². The summed E-state index contributed by atoms with van der Waals surface area (Å²) in [6.45, 7) is 1.71. The number of alkyl halides is 1. The molecule has 1 fully saturated rings. The molecule has 1 amide bonds. The molecule has 0 heterocycles. The average molecular weight is 206 g/mol. The van der Waals surface area contributed by atoms with E-state index in [0.29, 0.717) is 38.0 Å². The number of rotatable bonds is 7. The third-order valence-electron chi connectivity index (χ3n) is 1.96. The predicted octanol–water partition coefficient (Wildman–Crippen LogP) is 1.16. The molecule has 0 aromatic rings. The van der Waals surface area contributed by atoms with Gasteiger partial charge in [0.25, 0.3) is 0 Å². The highest BCUT2D eigenvalue weighted by atomic mass is 35.5. The monoisotopic (exact) mass is 205 g/mol. The summed E-state index contributed by atoms with van der Waals surface area (Å²) in [6.07, 6.45) is 3.13. The van der Waals surface area contributed by atoms with Crippen molar-refractivity contribution in [2.75, 3.05) is 25.6 Å². The number of hydrogen-bond acceptors (Lipinski definition) is 2. The molecule has 3 nitrogen and oxygen atoms in total. The topological polar surface area (TPSA) is 38.3 Å². The summed E-state index contributed by atoms with van der Waals surface area (Å²) >= 11 is 5.41. The largest absolute Gasteiger partial charge is 0.378 e. The summed E-state index contributed by atoms with van der Waals surface area (Å²) in [5.74, 6) is 1.32. The van der Waals surface area contributed by atoms with Crippen LogP contribution in [-0.4, -0.2) is 31.5 Å². The van der Waals surface area contributed by atoms with E-state index in [0.717, 1.165) is 0 Å². The van der Waals surface area contributed by atoms with Crippen molar-refractivity contribution in [3.63, 3.8) is 0 Å². The molecule has 0 atom stereocenters. The molecule has 1 rings (SSSR count). The molecule has 1 aliphatic carbocycles. The number of hydrogen-bond donors (Lipinski definition) is 1. The summed E-state index contributed by atoms with van der Waals surface area (Å²) in [4.78, 5) is 11.1. The van der Waals surface area contributed by atoms with Gasteiger partial charge in [0.1, 0.15) is 0 Å². The fourth-order valence-electron chi connectivity index (χ4n) is 1.08. The van der Waals surface area contributed by atoms with Gasteiger partial charge in [0.05, 0.1) is 13.2 Å². The van der Waals surface area contributed by atoms with Crippen LogP contribution in [0.1, 0.15) is 19.3 Å². The van der Waals surface area contributed by atoms with Crippen molar-refractivity contribution < 1.29 is 9.53 Å². The fourth-order valence-corrected chi connectivity index (χ4v) is 1.18. The van der Waals surface area contributed by atoms with Crippen molar-refractivity contribution in [2.45, 2.75) is 19.3 Å². The Morgan fingerprint density at radius 1 is 1.46 bits per heavy atom. The van der Waals surface area contributed by atoms with Crippen LogP contribution in [0.25, 0.3) is 0 Å². The minimum absolute atomic E-state index is 0.150. The molecular formula is C9H16ClNO2. The summed E-state index contributed by atoms with van der Waals surface area (Å²) in [7, 11) is 0. The Labute approximate surface area is 83.8 Å². The highest BCUT2D eigenvalue weighted by Gasteiger charge is 2.23. The predicted molar refractivity (Wildman–Crippen MR) is 51.9 cm³/mol. The molecule has 0 aromatic carbocycles. The number of carbonyl (C=O) groups is 1. The van der Waals surface area contributed by atoms with E-state index >= 15 is 0 Å². The van der Waals surface area contributed by atoms with Crippen LogP contribution < -0.4 is 5.32 Å². The molecule has 0 aliphatic heterocycles. The first-order valence-corrected chi connectivity index (χ1v) is 5.27. The van der Waals surface area contributed by atoms with Gasteiger partial charge in [0, 0.05) is 18.8 Å². The van der Waals surface area contributed by atoms with E-state index in [1.807, 2.05) is 0 Å². The second kappa shape index (κ2) is 6.22. The normalized spacial score (nSPS) is 15.8. The Morgan fingerprint density at radius 2 is 2.23 bits per heavy atom. The van der Waals surface area contributed by atoms with Gasteiger partial charge in [-0.15, -0.1) is 11.6 Å². The van der Waals surface area contributed by atoms with Gasteiger partial charge >= 0.3 is 0 Å². The molecule has 76 valence electrons. The quantitative estimate of drug-likeness (QED) is 0.501. The Morgan fingerprint density at radius 3 is 2.85 bits per heavy atom. The molecule has 0 unspecified atom stereocenters. The summed E-state index contributed by atoms with van der Waals surface area (Å²) in [5.41, 5.74) is 0. The smallest absolute Gasteiger partial charge is 0.220 e. The lowest BCUT2D eigenvalue weighted by Crippen LogP contribution is -2.27. The molecule has 1 saturated carbocycles. The van der Waals surface area contributed by atoms with Crippen LogP contribution in [0.2, 0.25) is 0 Å². The Hall–Kier alpha value is -0.280. The lowest BCUT2D eigenvalue weighted by Gasteiger charge is -2.04. The van der Waals surface area contributed by atoms with Crippen molar-refractivity contribution in [2.24, 2.45) is 5.92 Å². The van der Waals surface area contributed by atoms with Crippen molar-refractivity contribution >= 4 is 17.5 Å². The highest BCUT2D eigenvalue weighted by molar-refractivity contribution is 6.17. The van der Waals surface area contributed by atoms with E-state index in [1.165, 1.54) is 12.8 Å². The minimum Gasteiger partial charge on any atom is -0.378 e. The summed E-state index contributed by atoms with van der Waals surface area (Å²) < 4.78 is 5.11. The first-order chi connectivity index (χ1) is 6.33. The van der Waals surface area contributed by atoms with Crippen LogP contribution in [0.15, 0.2) is 0 Å². The maximum Gasteiger partial charge on any atom is 0.220 e. The molecule has 1 aliphatic rings. The van der Waals surface area contributed by atoms with Crippen LogP contribution in [0.4, 0.5) is 0 Å². The zero-order chi connectivity index (χ0) is 9.52. The van der Waals surface area contributed by atoms with Crippen molar-refractivity contribution in [3.8, 4) is 0 Å². The molecule has 4 heteroatoms. The molecule has 0 bridgehead atoms. The van der Waals surface area contributed by atoms with Crippen LogP contribution in [-0.2, 0) is 9.53 Å². The standard InChI is InChI=1S/C9H16ClNO2/c10-3-5-13-6-4-11-9(12)7-8-1-2-8/h8H,1-7H2,(H,11,12). The first-order valence-electron chi connectivity index (χ1n) is 4.73. The number of carbonyl (C=O) groups excluding carboxylic acids is 1. The van der Waals surface area contributed by atoms with Gasteiger partial charge in [-0.05, 0) is 18.8 Å². The second-order valence-electron chi connectivity index (χ2n) is 3.30.